The molecule has 21 rings (SSSR count). The van der Waals surface area contributed by atoms with Gasteiger partial charge >= 0.3 is 0 Å². The van der Waals surface area contributed by atoms with E-state index in [9.17, 15) is 0 Å². The predicted octanol–water partition coefficient (Wildman–Crippen LogP) is 32.6. The second-order valence-electron chi connectivity index (χ2n) is 28.5. The first kappa shape index (κ1) is 82.9. The van der Waals surface area contributed by atoms with Gasteiger partial charge in [-0.3, -0.25) is 15.0 Å². The highest BCUT2D eigenvalue weighted by Gasteiger charge is 2.09. The molecule has 0 unspecified atom stereocenters. The van der Waals surface area contributed by atoms with Gasteiger partial charge in [-0.05, 0) is 226 Å². The SMILES string of the molecule is Cc1cc(-c2ccccc2)cc(-c2ccccc2)c1.Cc1ccc2c(c1)sc1ccccc12.Cc1ccc2sc3ccccc3c2c1.Cc1cccc2c1sc1ccccc12.Cc1cccc2sc3ccccc3c12.Cc1ccccc1.Cc1ccccc1-c1ccccc1.Cc1ccccn1.Cc1cccnc1.Cc1ccncc1. The molecule has 0 aliphatic heterocycles. The van der Waals surface area contributed by atoms with Gasteiger partial charge in [-0.2, -0.15) is 0 Å². The maximum absolute atomic E-state index is 3.98. The molecular formula is C109H97N3S4. The van der Waals surface area contributed by atoms with Gasteiger partial charge in [0, 0.05) is 117 Å². The summed E-state index contributed by atoms with van der Waals surface area (Å²) in [4.78, 5) is 11.7. The fourth-order valence-corrected chi connectivity index (χ4v) is 17.9. The lowest BCUT2D eigenvalue weighted by Gasteiger charge is -2.08. The molecule has 0 saturated heterocycles. The van der Waals surface area contributed by atoms with Crippen molar-refractivity contribution in [2.24, 2.45) is 0 Å². The van der Waals surface area contributed by atoms with E-state index in [1.165, 1.54) is 164 Å². The first-order valence-corrected chi connectivity index (χ1v) is 42.4. The molecule has 0 bridgehead atoms. The lowest BCUT2D eigenvalue weighted by atomic mass is 9.97. The van der Waals surface area contributed by atoms with Gasteiger partial charge in [0.25, 0.3) is 0 Å². The van der Waals surface area contributed by atoms with E-state index in [0.717, 1.165) is 5.69 Å². The van der Waals surface area contributed by atoms with Gasteiger partial charge in [0.2, 0.25) is 0 Å². The Bertz CT molecular complexity index is 6320. The van der Waals surface area contributed by atoms with Gasteiger partial charge in [0.05, 0.1) is 0 Å². The van der Waals surface area contributed by atoms with E-state index < -0.39 is 0 Å². The van der Waals surface area contributed by atoms with Gasteiger partial charge < -0.3 is 0 Å². The Morgan fingerprint density at radius 2 is 0.629 bits per heavy atom. The summed E-state index contributed by atoms with van der Waals surface area (Å²) in [5.41, 5.74) is 20.6. The molecule has 7 heteroatoms. The van der Waals surface area contributed by atoms with Crippen LogP contribution in [-0.4, -0.2) is 15.0 Å². The van der Waals surface area contributed by atoms with Gasteiger partial charge in [-0.15, -0.1) is 45.3 Å². The molecule has 0 saturated carbocycles. The van der Waals surface area contributed by atoms with Crippen LogP contribution < -0.4 is 0 Å². The van der Waals surface area contributed by atoms with Crippen molar-refractivity contribution in [1.29, 1.82) is 0 Å². The Morgan fingerprint density at radius 3 is 1.16 bits per heavy atom. The van der Waals surface area contributed by atoms with E-state index in [1.807, 2.05) is 139 Å². The largest absolute Gasteiger partial charge is 0.265 e. The minimum absolute atomic E-state index is 1.07. The van der Waals surface area contributed by atoms with E-state index >= 15 is 0 Å². The van der Waals surface area contributed by atoms with Crippen molar-refractivity contribution in [1.82, 2.24) is 15.0 Å². The Labute approximate surface area is 700 Å². The number of hydrogen-bond acceptors (Lipinski definition) is 7. The van der Waals surface area contributed by atoms with Crippen molar-refractivity contribution >= 4 is 126 Å². The number of rotatable bonds is 3. The smallest absolute Gasteiger partial charge is 0.0384 e. The zero-order valence-electron chi connectivity index (χ0n) is 67.7. The molecule has 116 heavy (non-hydrogen) atoms. The third-order valence-electron chi connectivity index (χ3n) is 19.2. The predicted molar refractivity (Wildman–Crippen MR) is 513 cm³/mol. The Hall–Kier alpha value is -12.6. The van der Waals surface area contributed by atoms with E-state index in [-0.39, 0.29) is 0 Å². The summed E-state index contributed by atoms with van der Waals surface area (Å²) in [5.74, 6) is 0. The first-order chi connectivity index (χ1) is 56.7. The molecule has 0 amide bonds. The standard InChI is InChI=1S/C19H16.4C13H10S.C13H12.C7H8.3C6H7N/c1-15-12-18(16-8-4-2-5-9-16)14-19(13-15)17-10-6-3-7-11-17;1-9-5-4-7-11-10-6-2-3-8-12(10)14-13(9)11;1-9-5-4-8-12-13(9)10-6-2-3-7-11(10)14-12;1-9-6-7-13-11(8-9)10-4-2-3-5-12(10)14-13;1-9-6-7-11-10-4-2-3-5-12(10)14-13(11)8-9;1-11-7-5-6-10-13(11)12-8-3-2-4-9-12;1-7-5-3-2-4-6-7;1-6-2-4-7-5-3-6;1-6-3-2-4-7-5-6;1-6-4-2-3-5-7-6/h2-14H,1H3;4*2-8H,1H3;2-10H,1H3;2-6H,1H3;3*2-5H,1H3. The Morgan fingerprint density at radius 1 is 0.198 bits per heavy atom. The van der Waals surface area contributed by atoms with Gasteiger partial charge in [0.1, 0.15) is 0 Å². The van der Waals surface area contributed by atoms with E-state index in [1.54, 1.807) is 24.8 Å². The normalized spacial score (nSPS) is 10.3. The molecule has 572 valence electrons. The van der Waals surface area contributed by atoms with Gasteiger partial charge in [-0.25, -0.2) is 0 Å². The van der Waals surface area contributed by atoms with E-state index in [0.29, 0.717) is 0 Å². The van der Waals surface area contributed by atoms with Crippen LogP contribution in [0.15, 0.2) is 407 Å². The Kier molecular flexibility index (Phi) is 30.4. The second kappa shape index (κ2) is 42.5. The zero-order valence-corrected chi connectivity index (χ0v) is 70.9. The average Bonchev–Trinajstić information content (AvgIpc) is 1.65. The van der Waals surface area contributed by atoms with Crippen molar-refractivity contribution in [3.63, 3.8) is 0 Å². The van der Waals surface area contributed by atoms with Crippen LogP contribution in [0.1, 0.15) is 55.8 Å². The lowest BCUT2D eigenvalue weighted by molar-refractivity contribution is 1.20. The van der Waals surface area contributed by atoms with Crippen LogP contribution in [-0.2, 0) is 0 Å². The maximum Gasteiger partial charge on any atom is 0.0384 e. The number of nitrogens with zero attached hydrogens (tertiary/aromatic N) is 3. The topological polar surface area (TPSA) is 38.7 Å². The third kappa shape index (κ3) is 23.5. The highest BCUT2D eigenvalue weighted by atomic mass is 32.1. The van der Waals surface area contributed by atoms with Crippen LogP contribution in [0.25, 0.3) is 114 Å². The summed E-state index contributed by atoms with van der Waals surface area (Å²) < 4.78 is 11.1. The number of benzene rings is 14. The summed E-state index contributed by atoms with van der Waals surface area (Å²) in [5, 5.41) is 11.1. The highest BCUT2D eigenvalue weighted by molar-refractivity contribution is 7.27. The monoisotopic (exact) mass is 1580 g/mol. The van der Waals surface area contributed by atoms with Crippen molar-refractivity contribution in [2.75, 3.05) is 0 Å². The molecule has 0 aliphatic carbocycles. The molecule has 3 nitrogen and oxygen atoms in total. The second-order valence-corrected chi connectivity index (χ2v) is 32.8. The van der Waals surface area contributed by atoms with Crippen LogP contribution >= 0.6 is 45.3 Å². The van der Waals surface area contributed by atoms with Crippen LogP contribution in [0.3, 0.4) is 0 Å². The maximum atomic E-state index is 3.98. The summed E-state index contributed by atoms with van der Waals surface area (Å²) in [6, 6.07) is 132. The summed E-state index contributed by atoms with van der Waals surface area (Å²) >= 11 is 7.51. The summed E-state index contributed by atoms with van der Waals surface area (Å²) in [6.45, 7) is 21.1. The zero-order chi connectivity index (χ0) is 80.8. The molecular weight excluding hydrogens is 1480 g/mol. The van der Waals surface area contributed by atoms with Gasteiger partial charge in [-0.1, -0.05) is 302 Å². The minimum atomic E-state index is 1.07. The first-order valence-electron chi connectivity index (χ1n) is 39.1. The van der Waals surface area contributed by atoms with Crippen molar-refractivity contribution in [2.45, 2.75) is 69.2 Å². The molecule has 7 aromatic heterocycles. The molecule has 0 aliphatic rings. The highest BCUT2D eigenvalue weighted by Crippen LogP contribution is 2.39. The van der Waals surface area contributed by atoms with Crippen molar-refractivity contribution < 1.29 is 0 Å². The summed E-state index contributed by atoms with van der Waals surface area (Å²) in [7, 11) is 0. The van der Waals surface area contributed by atoms with Crippen LogP contribution in [0.5, 0.6) is 0 Å². The summed E-state index contributed by atoms with van der Waals surface area (Å²) in [6.07, 6.45) is 8.97. The molecule has 7 heterocycles. The minimum Gasteiger partial charge on any atom is -0.265 e. The van der Waals surface area contributed by atoms with Gasteiger partial charge in [0.15, 0.2) is 0 Å². The number of aryl methyl sites for hydroxylation is 10. The van der Waals surface area contributed by atoms with Crippen LogP contribution in [0.4, 0.5) is 0 Å². The van der Waals surface area contributed by atoms with E-state index in [4.69, 9.17) is 0 Å². The number of hydrogen-bond donors (Lipinski definition) is 0. The molecule has 14 aromatic carbocycles. The molecule has 21 aromatic rings. The molecule has 0 atom stereocenters. The third-order valence-corrected chi connectivity index (χ3v) is 24.0. The number of pyridine rings is 3. The van der Waals surface area contributed by atoms with Crippen LogP contribution in [0.2, 0.25) is 0 Å². The van der Waals surface area contributed by atoms with Crippen LogP contribution in [0, 0.1) is 69.2 Å². The Balaban J connectivity index is 0.000000121. The molecule has 0 N–H and O–H groups in total. The van der Waals surface area contributed by atoms with Crippen molar-refractivity contribution in [3.8, 4) is 33.4 Å². The lowest BCUT2D eigenvalue weighted by Crippen LogP contribution is -1.84. The number of aromatic nitrogens is 3. The quantitative estimate of drug-likeness (QED) is 0.177. The molecule has 0 spiro atoms. The van der Waals surface area contributed by atoms with E-state index in [2.05, 4.69) is 373 Å². The fourth-order valence-electron chi connectivity index (χ4n) is 13.3. The van der Waals surface area contributed by atoms with Crippen molar-refractivity contribution in [3.05, 3.63) is 463 Å². The number of fused-ring (bicyclic) bond motifs is 12. The molecule has 0 radical (unpaired) electrons. The average molecular weight is 1580 g/mol. The number of thiophene rings is 4. The fraction of sp³-hybridized carbons (Fsp3) is 0.0917. The molecule has 0 fully saturated rings.